The van der Waals surface area contributed by atoms with Crippen LogP contribution in [0, 0.1) is 16.0 Å². The number of nitrogens with zero attached hydrogens (tertiary/aromatic N) is 1. The van der Waals surface area contributed by atoms with Crippen LogP contribution < -0.4 is 0 Å². The molecular weight excluding hydrogens is 178 g/mol. The van der Waals surface area contributed by atoms with Gasteiger partial charge in [0.1, 0.15) is 0 Å². The molecule has 76 valence electrons. The predicted molar refractivity (Wildman–Crippen MR) is 43.7 cm³/mol. The zero-order valence-electron chi connectivity index (χ0n) is 7.60. The zero-order chi connectivity index (χ0) is 10.4. The maximum atomic E-state index is 10.7. The minimum Gasteiger partial charge on any atom is -0.467 e. The summed E-state index contributed by atoms with van der Waals surface area (Å²) in [5, 5.41) is 19.1. The smallest absolute Gasteiger partial charge is 0.334 e. The van der Waals surface area contributed by atoms with E-state index in [4.69, 9.17) is 5.11 Å². The molecule has 0 aromatic rings. The molecule has 0 radical (unpaired) electrons. The second kappa shape index (κ2) is 5.47. The van der Waals surface area contributed by atoms with Crippen LogP contribution in [0.4, 0.5) is 0 Å². The number of nitro groups is 1. The fourth-order valence-corrected chi connectivity index (χ4v) is 0.942. The third-order valence-corrected chi connectivity index (χ3v) is 1.56. The average molecular weight is 191 g/mol. The lowest BCUT2D eigenvalue weighted by atomic mass is 10.0. The number of aliphatic hydroxyl groups is 1. The summed E-state index contributed by atoms with van der Waals surface area (Å²) in [7, 11) is 1.16. The maximum Gasteiger partial charge on any atom is 0.334 e. The van der Waals surface area contributed by atoms with Gasteiger partial charge in [0.25, 0.3) is 0 Å². The second-order valence-corrected chi connectivity index (χ2v) is 2.90. The first-order valence-electron chi connectivity index (χ1n) is 3.85. The van der Waals surface area contributed by atoms with Crippen LogP contribution in [-0.2, 0) is 9.53 Å². The molecule has 0 aromatic heterocycles. The van der Waals surface area contributed by atoms with Gasteiger partial charge in [0.15, 0.2) is 6.10 Å². The number of esters is 1. The fraction of sp³-hybridized carbons (Fsp3) is 0.857. The first-order valence-corrected chi connectivity index (χ1v) is 3.85. The Morgan fingerprint density at radius 3 is 2.62 bits per heavy atom. The summed E-state index contributed by atoms with van der Waals surface area (Å²) in [6, 6.07) is 0. The van der Waals surface area contributed by atoms with Gasteiger partial charge in [0.05, 0.1) is 7.11 Å². The summed E-state index contributed by atoms with van der Waals surface area (Å²) in [6.07, 6.45) is -1.21. The van der Waals surface area contributed by atoms with Crippen LogP contribution in [0.2, 0.25) is 0 Å². The normalized spacial score (nSPS) is 14.7. The molecule has 0 bridgehead atoms. The van der Waals surface area contributed by atoms with E-state index in [1.54, 1.807) is 6.92 Å². The van der Waals surface area contributed by atoms with Gasteiger partial charge >= 0.3 is 5.97 Å². The first-order chi connectivity index (χ1) is 5.97. The number of ether oxygens (including phenoxy) is 1. The highest BCUT2D eigenvalue weighted by Crippen LogP contribution is 2.07. The van der Waals surface area contributed by atoms with Crippen molar-refractivity contribution in [2.45, 2.75) is 19.4 Å². The summed E-state index contributed by atoms with van der Waals surface area (Å²) >= 11 is 0. The van der Waals surface area contributed by atoms with Crippen LogP contribution in [0.1, 0.15) is 13.3 Å². The minimum atomic E-state index is -1.26. The molecule has 13 heavy (non-hydrogen) atoms. The Kier molecular flexibility index (Phi) is 4.98. The number of carbonyl (C=O) groups is 1. The lowest BCUT2D eigenvalue weighted by molar-refractivity contribution is -0.487. The molecule has 6 heteroatoms. The number of methoxy groups -OCH3 is 1. The van der Waals surface area contributed by atoms with Gasteiger partial charge in [-0.15, -0.1) is 0 Å². The van der Waals surface area contributed by atoms with E-state index < -0.39 is 17.0 Å². The van der Waals surface area contributed by atoms with Gasteiger partial charge in [-0.05, 0) is 6.42 Å². The second-order valence-electron chi connectivity index (χ2n) is 2.90. The molecule has 0 saturated carbocycles. The Bertz CT molecular complexity index is 193. The number of hydrogen-bond donors (Lipinski definition) is 1. The predicted octanol–water partition coefficient (Wildman–Crippen LogP) is -0.177. The van der Waals surface area contributed by atoms with E-state index in [1.165, 1.54) is 0 Å². The quantitative estimate of drug-likeness (QED) is 0.370. The molecule has 0 aliphatic carbocycles. The van der Waals surface area contributed by atoms with Crippen molar-refractivity contribution in [3.05, 3.63) is 10.1 Å². The molecule has 0 aliphatic heterocycles. The van der Waals surface area contributed by atoms with Crippen LogP contribution in [0.5, 0.6) is 0 Å². The molecule has 0 rings (SSSR count). The maximum absolute atomic E-state index is 10.7. The van der Waals surface area contributed by atoms with Gasteiger partial charge in [0, 0.05) is 10.8 Å². The van der Waals surface area contributed by atoms with E-state index >= 15 is 0 Å². The topological polar surface area (TPSA) is 89.7 Å². The highest BCUT2D eigenvalue weighted by Gasteiger charge is 2.21. The van der Waals surface area contributed by atoms with Gasteiger partial charge in [-0.25, -0.2) is 4.79 Å². The Morgan fingerprint density at radius 1 is 1.69 bits per heavy atom. The van der Waals surface area contributed by atoms with Crippen LogP contribution >= 0.6 is 0 Å². The van der Waals surface area contributed by atoms with E-state index in [-0.39, 0.29) is 18.9 Å². The van der Waals surface area contributed by atoms with Crippen molar-refractivity contribution in [3.8, 4) is 0 Å². The van der Waals surface area contributed by atoms with E-state index in [0.717, 1.165) is 7.11 Å². The van der Waals surface area contributed by atoms with Crippen molar-refractivity contribution in [1.82, 2.24) is 0 Å². The van der Waals surface area contributed by atoms with Gasteiger partial charge in [-0.3, -0.25) is 10.1 Å². The highest BCUT2D eigenvalue weighted by molar-refractivity contribution is 5.74. The third kappa shape index (κ3) is 5.13. The summed E-state index contributed by atoms with van der Waals surface area (Å²) < 4.78 is 4.26. The monoisotopic (exact) mass is 191 g/mol. The molecule has 0 heterocycles. The molecule has 0 saturated heterocycles. The molecule has 0 unspecified atom stereocenters. The summed E-state index contributed by atoms with van der Waals surface area (Å²) in [6.45, 7) is 1.34. The molecule has 0 fully saturated rings. The average Bonchev–Trinajstić information content (AvgIpc) is 2.01. The van der Waals surface area contributed by atoms with Crippen molar-refractivity contribution >= 4 is 5.97 Å². The number of aliphatic hydroxyl groups excluding tert-OH is 1. The molecule has 0 spiro atoms. The SMILES string of the molecule is COC(=O)[C@@H](O)C[C@H](C)C[N+](=O)[O-]. The fourth-order valence-electron chi connectivity index (χ4n) is 0.942. The van der Waals surface area contributed by atoms with Crippen LogP contribution in [-0.4, -0.2) is 35.8 Å². The molecule has 0 aromatic carbocycles. The molecule has 0 amide bonds. The Morgan fingerprint density at radius 2 is 2.23 bits per heavy atom. The number of hydrogen-bond acceptors (Lipinski definition) is 5. The molecular formula is C7H13NO5. The standard InChI is InChI=1S/C7H13NO5/c1-5(4-8(11)12)3-6(9)7(10)13-2/h5-6,9H,3-4H2,1-2H3/t5-,6-/m0/s1. The van der Waals surface area contributed by atoms with E-state index in [9.17, 15) is 14.9 Å². The van der Waals surface area contributed by atoms with Crippen LogP contribution in [0.25, 0.3) is 0 Å². The zero-order valence-corrected chi connectivity index (χ0v) is 7.60. The first kappa shape index (κ1) is 11.8. The van der Waals surface area contributed by atoms with Gasteiger partial charge in [-0.1, -0.05) is 6.92 Å². The van der Waals surface area contributed by atoms with Gasteiger partial charge < -0.3 is 9.84 Å². The van der Waals surface area contributed by atoms with Crippen LogP contribution in [0.3, 0.4) is 0 Å². The van der Waals surface area contributed by atoms with Gasteiger partial charge in [0.2, 0.25) is 6.54 Å². The summed E-state index contributed by atoms with van der Waals surface area (Å²) in [5.74, 6) is -1.10. The van der Waals surface area contributed by atoms with Gasteiger partial charge in [-0.2, -0.15) is 0 Å². The molecule has 0 aliphatic rings. The largest absolute Gasteiger partial charge is 0.467 e. The van der Waals surface area contributed by atoms with Crippen molar-refractivity contribution in [2.24, 2.45) is 5.92 Å². The van der Waals surface area contributed by atoms with Crippen molar-refractivity contribution in [1.29, 1.82) is 0 Å². The third-order valence-electron chi connectivity index (χ3n) is 1.56. The Balaban J connectivity index is 3.83. The number of carbonyl (C=O) groups excluding carboxylic acids is 1. The van der Waals surface area contributed by atoms with E-state index in [1.807, 2.05) is 0 Å². The summed E-state index contributed by atoms with van der Waals surface area (Å²) in [5.41, 5.74) is 0. The molecule has 2 atom stereocenters. The van der Waals surface area contributed by atoms with Crippen molar-refractivity contribution in [2.75, 3.05) is 13.7 Å². The van der Waals surface area contributed by atoms with Crippen LogP contribution in [0.15, 0.2) is 0 Å². The van der Waals surface area contributed by atoms with Crippen molar-refractivity contribution in [3.63, 3.8) is 0 Å². The van der Waals surface area contributed by atoms with E-state index in [0.29, 0.717) is 0 Å². The Hall–Kier alpha value is -1.17. The van der Waals surface area contributed by atoms with E-state index in [2.05, 4.69) is 4.74 Å². The lowest BCUT2D eigenvalue weighted by Gasteiger charge is -2.10. The lowest BCUT2D eigenvalue weighted by Crippen LogP contribution is -2.26. The molecule has 1 N–H and O–H groups in total. The highest BCUT2D eigenvalue weighted by atomic mass is 16.6. The van der Waals surface area contributed by atoms with Crippen molar-refractivity contribution < 1.29 is 19.6 Å². The molecule has 6 nitrogen and oxygen atoms in total. The number of rotatable bonds is 5. The Labute approximate surface area is 75.7 Å². The minimum absolute atomic E-state index is 0.0493. The summed E-state index contributed by atoms with van der Waals surface area (Å²) in [4.78, 5) is 20.3.